The molecule has 9 heterocycles. The van der Waals surface area contributed by atoms with Gasteiger partial charge in [-0.15, -0.1) is 0 Å². The second kappa shape index (κ2) is 40.1. The molecule has 0 radical (unpaired) electrons. The Kier molecular flexibility index (Phi) is 29.9. The Labute approximate surface area is 851 Å². The van der Waals surface area contributed by atoms with Crippen molar-refractivity contribution in [3.8, 4) is 33.4 Å². The van der Waals surface area contributed by atoms with Crippen LogP contribution in [0.2, 0.25) is 0 Å². The summed E-state index contributed by atoms with van der Waals surface area (Å²) in [6.07, 6.45) is 24.7. The fourth-order valence-electron chi connectivity index (χ4n) is 23.9. The second-order valence-corrected chi connectivity index (χ2v) is 43.9. The highest BCUT2D eigenvalue weighted by Crippen LogP contribution is 2.66. The number of benzene rings is 4. The molecule has 8 aliphatic carbocycles. The number of guanidine groups is 1. The summed E-state index contributed by atoms with van der Waals surface area (Å²) in [7, 11) is 21.2. The predicted molar refractivity (Wildman–Crippen MR) is 551 cm³/mol. The van der Waals surface area contributed by atoms with E-state index in [1.807, 2.05) is 112 Å². The minimum atomic E-state index is -1.09. The van der Waals surface area contributed by atoms with Gasteiger partial charge in [-0.1, -0.05) is 66.8 Å². The van der Waals surface area contributed by atoms with Crippen LogP contribution >= 0.6 is 47.0 Å². The third kappa shape index (κ3) is 18.1. The van der Waals surface area contributed by atoms with E-state index in [0.717, 1.165) is 204 Å². The van der Waals surface area contributed by atoms with Crippen LogP contribution in [-0.4, -0.2) is 223 Å². The van der Waals surface area contributed by atoms with Crippen LogP contribution < -0.4 is 49.6 Å². The number of fused-ring (bicyclic) bond motifs is 12. The monoisotopic (exact) mass is 2090 g/mol. The first-order valence-electron chi connectivity index (χ1n) is 48.3. The number of hydrogen-bond acceptors (Lipinski definition) is 26. The summed E-state index contributed by atoms with van der Waals surface area (Å²) >= 11 is 13.0. The number of nitrogens with zero attached hydrogens (tertiary/aromatic N) is 13. The Morgan fingerprint density at radius 3 is 1.07 bits per heavy atom. The second-order valence-electron chi connectivity index (χ2n) is 41.8. The maximum Gasteiger partial charge on any atom is 0.494 e. The molecule has 8 spiro atoms. The number of aliphatic imine (C=N–C) groups is 1. The van der Waals surface area contributed by atoms with Gasteiger partial charge in [-0.25, -0.2) is 33.5 Å². The molecule has 4 aromatic carbocycles. The van der Waals surface area contributed by atoms with Crippen molar-refractivity contribution < 1.29 is 67.2 Å². The Morgan fingerprint density at radius 2 is 0.746 bits per heavy atom. The van der Waals surface area contributed by atoms with Crippen LogP contribution in [0.25, 0.3) is 33.4 Å². The zero-order chi connectivity index (χ0) is 103. The van der Waals surface area contributed by atoms with Crippen molar-refractivity contribution in [2.45, 2.75) is 240 Å². The number of imide groups is 2. The number of nitrogens with two attached hydrogens (primary N) is 2. The normalized spacial score (nSPS) is 28.5. The number of halogens is 1. The molecule has 4 atom stereocenters. The number of nitrogens with one attached hydrogen (secondary N) is 3. The maximum atomic E-state index is 13.8. The Balaban J connectivity index is 0.000000135. The number of ether oxygens (including phenoxy) is 4. The third-order valence-electron chi connectivity index (χ3n) is 32.8. The SMILES string of the molecule is CC(C)(C)OO.CN.COC1CCC2(CC1)Cc1ccc(-c3cnn(C)c(=O)c3)cc1C21N=C(N)N(C)C1=O.COC1CCC2(CC1)Cc1ccc(-c3cnn(C)c(=O)c3)cc1C21NC(=O)N(C)C1=O.COC1CCC2(CC1)Cc1ccc(-c3cnn(C)c(=S)c3)cc1C21NC(=S)N(C)C1=O.COC1CCC2(CC1)Cc1ccc(B3OC(C)(C)C(C)(C)O3)cc1C21NC(=O)N(C)C1=O.Cn1ncc(I)cc1=O. The highest BCUT2D eigenvalue weighted by Gasteiger charge is 2.72. The molecule has 8 aromatic rings. The van der Waals surface area contributed by atoms with E-state index in [1.54, 1.807) is 126 Å². The van der Waals surface area contributed by atoms with E-state index in [0.29, 0.717) is 15.3 Å². The van der Waals surface area contributed by atoms with Gasteiger partial charge in [0.15, 0.2) is 33.2 Å². The summed E-state index contributed by atoms with van der Waals surface area (Å²) in [5.74, 6) is -0.133. The molecule has 8 N–H and O–H groups in total. The van der Waals surface area contributed by atoms with E-state index in [-0.39, 0.29) is 104 Å². The summed E-state index contributed by atoms with van der Waals surface area (Å²) in [6, 6.07) is 30.5. The Bertz CT molecular complexity index is 6370. The number of carbonyl (C=O) groups excluding carboxylic acids is 6. The molecule has 4 unspecified atom stereocenters. The number of carbonyl (C=O) groups is 6. The average molecular weight is 2100 g/mol. The minimum absolute atomic E-state index is 0.0470. The standard InChI is InChI=1S/C24H33BN2O5.C23H27N5O3.C23H26N4O4.C23H26N4O2S2.C5H5IN2O.C4H10O2.CH5N/c1-21(2)22(3,4)32-25(31-21)16-8-7-15-14-23(11-9-17(30-6)10-12-23)24(18(15)13-16)19(28)27(5)20(29)26-24;1-27-20(30)23(26-21(27)24)18-10-14(16-11-19(29)28(2)25-13-16)4-5-15(18)12-22(23)8-6-17(31-3)7-9-22;1-26-20(29)23(25-21(26)30)18-10-14(16-11-19(28)27(2)24-13-16)4-5-15(18)12-22(23)8-6-17(31-3)7-9-22;1-26-20(28)23(25-21(26)31)18-10-14(16-11-19(30)27(2)24-13-16)4-5-15(18)12-22(23)8-6-17(29-3)7-9-22;1-8-5(9)2-4(6)3-7-8;1-4(2,3)6-5;1-2/h7-8,13,17H,9-12,14H2,1-6H3,(H,26,29);4-5,10-11,13,17H,6-9,12H2,1-3H3,(H2,24,26);4-5,10-11,13,17H,6-9,12H2,1-3H3,(H,25,30);4-5,10-11,13,17H,6-9,12H2,1-3H3,(H,25,31);2-3H,1H3;5H,1-3H3;2H2,1H3. The number of aromatic nitrogens is 8. The molecule has 35 nitrogen and oxygen atoms in total. The first kappa shape index (κ1) is 106. The number of thiocarbonyl (C=S) groups is 1. The van der Waals surface area contributed by atoms with Gasteiger partial charge in [0.05, 0.1) is 66.0 Å². The van der Waals surface area contributed by atoms with E-state index < -0.39 is 46.1 Å². The van der Waals surface area contributed by atoms with E-state index in [1.165, 1.54) is 60.5 Å². The van der Waals surface area contributed by atoms with Gasteiger partial charge >= 0.3 is 19.2 Å². The van der Waals surface area contributed by atoms with E-state index in [9.17, 15) is 43.2 Å². The average Bonchev–Trinajstić information content (AvgIpc) is 1.53. The van der Waals surface area contributed by atoms with Gasteiger partial charge in [-0.3, -0.25) is 63.1 Å². The lowest BCUT2D eigenvalue weighted by molar-refractivity contribution is -0.306. The molecule has 0 bridgehead atoms. The van der Waals surface area contributed by atoms with Gasteiger partial charge < -0.3 is 55.7 Å². The molecule has 142 heavy (non-hydrogen) atoms. The zero-order valence-electron chi connectivity index (χ0n) is 84.7. The van der Waals surface area contributed by atoms with Crippen LogP contribution in [0.3, 0.4) is 0 Å². The summed E-state index contributed by atoms with van der Waals surface area (Å²) in [5, 5.41) is 34.5. The first-order valence-corrected chi connectivity index (χ1v) is 50.2. The van der Waals surface area contributed by atoms with E-state index >= 15 is 0 Å². The van der Waals surface area contributed by atoms with Gasteiger partial charge in [0.25, 0.3) is 40.3 Å². The lowest BCUT2D eigenvalue weighted by Crippen LogP contribution is -2.57. The van der Waals surface area contributed by atoms with Crippen molar-refractivity contribution in [1.29, 1.82) is 0 Å². The van der Waals surface area contributed by atoms with Gasteiger partial charge in [0.1, 0.15) is 4.64 Å². The van der Waals surface area contributed by atoms with Gasteiger partial charge in [-0.2, -0.15) is 20.4 Å². The highest BCUT2D eigenvalue weighted by atomic mass is 127. The summed E-state index contributed by atoms with van der Waals surface area (Å²) in [4.78, 5) is 130. The Morgan fingerprint density at radius 1 is 0.423 bits per heavy atom. The molecule has 4 saturated carbocycles. The lowest BCUT2D eigenvalue weighted by Gasteiger charge is -2.46. The fraction of sp³-hybridized carbons (Fsp3) is 0.534. The molecule has 39 heteroatoms. The molecule has 8 amide bonds. The zero-order valence-corrected chi connectivity index (χ0v) is 88.5. The molecule has 5 aliphatic heterocycles. The van der Waals surface area contributed by atoms with Crippen molar-refractivity contribution in [2.75, 3.05) is 63.7 Å². The van der Waals surface area contributed by atoms with Crippen LogP contribution in [0.5, 0.6) is 0 Å². The van der Waals surface area contributed by atoms with Crippen LogP contribution in [-0.2, 0) is 128 Å². The number of likely N-dealkylation sites (N-methyl/N-ethyl adjacent to an activating group) is 4. The highest BCUT2D eigenvalue weighted by molar-refractivity contribution is 14.1. The molecule has 758 valence electrons. The topological polar surface area (TPSA) is 423 Å². The maximum absolute atomic E-state index is 13.8. The van der Waals surface area contributed by atoms with Crippen molar-refractivity contribution >= 4 is 106 Å². The van der Waals surface area contributed by atoms with Crippen molar-refractivity contribution in [3.05, 3.63) is 206 Å². The molecule has 8 fully saturated rings. The van der Waals surface area contributed by atoms with Crippen LogP contribution in [0.15, 0.2) is 141 Å². The molecule has 4 saturated heterocycles. The van der Waals surface area contributed by atoms with Crippen molar-refractivity contribution in [2.24, 2.45) is 66.3 Å². The van der Waals surface area contributed by atoms with Gasteiger partial charge in [0.2, 0.25) is 0 Å². The summed E-state index contributed by atoms with van der Waals surface area (Å²) in [5.41, 5.74) is 17.8. The van der Waals surface area contributed by atoms with Crippen LogP contribution in [0.4, 0.5) is 9.59 Å². The van der Waals surface area contributed by atoms with Crippen LogP contribution in [0, 0.1) is 29.9 Å². The number of amides is 8. The predicted octanol–water partition coefficient (Wildman–Crippen LogP) is 10.7. The molecule has 13 aliphatic rings. The van der Waals surface area contributed by atoms with Gasteiger partial charge in [0, 0.05) is 145 Å². The van der Waals surface area contributed by atoms with Gasteiger partial charge in [-0.05, 0) is 310 Å². The summed E-state index contributed by atoms with van der Waals surface area (Å²) in [6.45, 7) is 13.4. The summed E-state index contributed by atoms with van der Waals surface area (Å²) < 4.78 is 42.0. The Hall–Kier alpha value is -10.6. The molecule has 21 rings (SSSR count). The number of hydrogen-bond donors (Lipinski definition) is 6. The van der Waals surface area contributed by atoms with Crippen molar-refractivity contribution in [3.63, 3.8) is 0 Å². The first-order chi connectivity index (χ1) is 67.1. The molecular formula is C103H132BIN18O17S2. The minimum Gasteiger partial charge on any atom is -0.399 e. The number of rotatable bonds is 8. The number of aryl methyl sites for hydroxylation is 4. The number of methoxy groups -OCH3 is 4. The lowest BCUT2D eigenvalue weighted by atomic mass is 9.61. The van der Waals surface area contributed by atoms with E-state index in [4.69, 9.17) is 68.7 Å². The number of urea groups is 2. The largest absolute Gasteiger partial charge is 0.494 e. The van der Waals surface area contributed by atoms with Crippen molar-refractivity contribution in [1.82, 2.24) is 74.7 Å². The quantitative estimate of drug-likeness (QED) is 0.0205. The van der Waals surface area contributed by atoms with E-state index in [2.05, 4.69) is 77.3 Å². The fourth-order valence-corrected chi connectivity index (χ4v) is 24.7. The molecular weight excluding hydrogens is 1960 g/mol. The molecule has 4 aromatic heterocycles. The third-order valence-corrected chi connectivity index (χ3v) is 34.1. The smallest absolute Gasteiger partial charge is 0.399 e. The van der Waals surface area contributed by atoms with Crippen LogP contribution in [0.1, 0.15) is 196 Å².